The first-order valence-electron chi connectivity index (χ1n) is 4.85. The molecule has 82 valence electrons. The molecular formula is C12H17NO2. The highest BCUT2D eigenvalue weighted by atomic mass is 16.5. The topological polar surface area (TPSA) is 44.5 Å². The van der Waals surface area contributed by atoms with E-state index in [1.807, 2.05) is 30.4 Å². The van der Waals surface area contributed by atoms with Crippen molar-refractivity contribution in [1.82, 2.24) is 0 Å². The summed E-state index contributed by atoms with van der Waals surface area (Å²) in [4.78, 5) is 0. The average molecular weight is 207 g/mol. The number of nitrogens with two attached hydrogens (primary N) is 1. The Bertz CT molecular complexity index is 334. The molecule has 2 N–H and O–H groups in total. The van der Waals surface area contributed by atoms with Crippen LogP contribution in [0.25, 0.3) is 6.08 Å². The minimum Gasteiger partial charge on any atom is -0.496 e. The van der Waals surface area contributed by atoms with Gasteiger partial charge in [0.15, 0.2) is 0 Å². The van der Waals surface area contributed by atoms with E-state index in [1.165, 1.54) is 0 Å². The molecule has 0 fully saturated rings. The monoisotopic (exact) mass is 207 g/mol. The molecule has 0 spiro atoms. The molecule has 0 heterocycles. The highest BCUT2D eigenvalue weighted by molar-refractivity contribution is 5.61. The van der Waals surface area contributed by atoms with E-state index in [2.05, 4.69) is 0 Å². The van der Waals surface area contributed by atoms with E-state index in [1.54, 1.807) is 14.2 Å². The van der Waals surface area contributed by atoms with Crippen molar-refractivity contribution >= 4 is 6.08 Å². The van der Waals surface area contributed by atoms with E-state index in [9.17, 15) is 0 Å². The van der Waals surface area contributed by atoms with Gasteiger partial charge in [0.2, 0.25) is 0 Å². The van der Waals surface area contributed by atoms with Gasteiger partial charge in [0.05, 0.1) is 13.7 Å². The summed E-state index contributed by atoms with van der Waals surface area (Å²) in [5, 5.41) is 0. The SMILES string of the molecule is COCc1cccc(OC)c1/C=C/CN. The number of rotatable bonds is 5. The molecule has 1 aromatic carbocycles. The van der Waals surface area contributed by atoms with Crippen molar-refractivity contribution in [1.29, 1.82) is 0 Å². The van der Waals surface area contributed by atoms with Crippen LogP contribution >= 0.6 is 0 Å². The van der Waals surface area contributed by atoms with Gasteiger partial charge in [-0.1, -0.05) is 24.3 Å². The Labute approximate surface area is 90.5 Å². The van der Waals surface area contributed by atoms with Gasteiger partial charge in [-0.2, -0.15) is 0 Å². The first-order valence-corrected chi connectivity index (χ1v) is 4.85. The normalized spacial score (nSPS) is 10.9. The third kappa shape index (κ3) is 3.08. The van der Waals surface area contributed by atoms with Crippen LogP contribution in [0.1, 0.15) is 11.1 Å². The molecule has 0 aliphatic heterocycles. The van der Waals surface area contributed by atoms with Gasteiger partial charge in [0, 0.05) is 19.2 Å². The molecule has 0 aromatic heterocycles. The van der Waals surface area contributed by atoms with Crippen molar-refractivity contribution in [2.24, 2.45) is 5.73 Å². The van der Waals surface area contributed by atoms with Crippen LogP contribution in [0.5, 0.6) is 5.75 Å². The zero-order chi connectivity index (χ0) is 11.1. The Hall–Kier alpha value is -1.32. The van der Waals surface area contributed by atoms with Crippen LogP contribution in [0.2, 0.25) is 0 Å². The van der Waals surface area contributed by atoms with Gasteiger partial charge in [-0.3, -0.25) is 0 Å². The lowest BCUT2D eigenvalue weighted by atomic mass is 10.1. The van der Waals surface area contributed by atoms with E-state index in [0.29, 0.717) is 13.2 Å². The smallest absolute Gasteiger partial charge is 0.126 e. The van der Waals surface area contributed by atoms with Crippen LogP contribution in [0.3, 0.4) is 0 Å². The molecule has 1 aromatic rings. The van der Waals surface area contributed by atoms with Gasteiger partial charge in [0.25, 0.3) is 0 Å². The van der Waals surface area contributed by atoms with Gasteiger partial charge >= 0.3 is 0 Å². The molecule has 0 saturated heterocycles. The molecule has 3 nitrogen and oxygen atoms in total. The standard InChI is InChI=1S/C12H17NO2/c1-14-9-10-5-3-7-12(15-2)11(10)6-4-8-13/h3-7H,8-9,13H2,1-2H3/b6-4+. The Morgan fingerprint density at radius 2 is 2.13 bits per heavy atom. The predicted octanol–water partition coefficient (Wildman–Crippen LogP) is 1.81. The Morgan fingerprint density at radius 3 is 2.73 bits per heavy atom. The molecule has 0 atom stereocenters. The summed E-state index contributed by atoms with van der Waals surface area (Å²) in [6.07, 6.45) is 3.87. The molecule has 0 aliphatic rings. The van der Waals surface area contributed by atoms with E-state index in [-0.39, 0.29) is 0 Å². The van der Waals surface area contributed by atoms with Crippen LogP contribution in [0.15, 0.2) is 24.3 Å². The maximum atomic E-state index is 5.43. The van der Waals surface area contributed by atoms with Gasteiger partial charge in [-0.15, -0.1) is 0 Å². The highest BCUT2D eigenvalue weighted by Crippen LogP contribution is 2.24. The fraction of sp³-hybridized carbons (Fsp3) is 0.333. The second-order valence-electron chi connectivity index (χ2n) is 3.10. The van der Waals surface area contributed by atoms with E-state index in [0.717, 1.165) is 16.9 Å². The zero-order valence-electron chi connectivity index (χ0n) is 9.19. The van der Waals surface area contributed by atoms with Crippen molar-refractivity contribution in [2.45, 2.75) is 6.61 Å². The van der Waals surface area contributed by atoms with Gasteiger partial charge in [-0.05, 0) is 11.6 Å². The lowest BCUT2D eigenvalue weighted by Crippen LogP contribution is -1.97. The first kappa shape index (κ1) is 11.8. The zero-order valence-corrected chi connectivity index (χ0v) is 9.19. The fourth-order valence-corrected chi connectivity index (χ4v) is 1.42. The van der Waals surface area contributed by atoms with Gasteiger partial charge in [0.1, 0.15) is 5.75 Å². The van der Waals surface area contributed by atoms with Crippen LogP contribution in [-0.2, 0) is 11.3 Å². The van der Waals surface area contributed by atoms with Crippen molar-refractivity contribution < 1.29 is 9.47 Å². The fourth-order valence-electron chi connectivity index (χ4n) is 1.42. The van der Waals surface area contributed by atoms with Crippen molar-refractivity contribution in [3.63, 3.8) is 0 Å². The molecule has 0 aliphatic carbocycles. The van der Waals surface area contributed by atoms with Crippen LogP contribution in [-0.4, -0.2) is 20.8 Å². The van der Waals surface area contributed by atoms with Crippen LogP contribution in [0, 0.1) is 0 Å². The van der Waals surface area contributed by atoms with Gasteiger partial charge in [-0.25, -0.2) is 0 Å². The molecule has 15 heavy (non-hydrogen) atoms. The summed E-state index contributed by atoms with van der Waals surface area (Å²) in [5.41, 5.74) is 7.57. The minimum absolute atomic E-state index is 0.518. The summed E-state index contributed by atoms with van der Waals surface area (Å²) in [6.45, 7) is 1.09. The van der Waals surface area contributed by atoms with Crippen LogP contribution < -0.4 is 10.5 Å². The van der Waals surface area contributed by atoms with Gasteiger partial charge < -0.3 is 15.2 Å². The quantitative estimate of drug-likeness (QED) is 0.801. The van der Waals surface area contributed by atoms with Crippen LogP contribution in [0.4, 0.5) is 0 Å². The lowest BCUT2D eigenvalue weighted by molar-refractivity contribution is 0.184. The molecule has 0 bridgehead atoms. The Balaban J connectivity index is 3.08. The summed E-state index contributed by atoms with van der Waals surface area (Å²) in [5.74, 6) is 0.842. The molecule has 0 radical (unpaired) electrons. The number of methoxy groups -OCH3 is 2. The molecule has 1 rings (SSSR count). The maximum Gasteiger partial charge on any atom is 0.126 e. The lowest BCUT2D eigenvalue weighted by Gasteiger charge is -2.10. The first-order chi connectivity index (χ1) is 7.33. The highest BCUT2D eigenvalue weighted by Gasteiger charge is 2.05. The molecular weight excluding hydrogens is 190 g/mol. The molecule has 3 heteroatoms. The van der Waals surface area contributed by atoms with Crippen molar-refractivity contribution in [3.8, 4) is 5.75 Å². The Kier molecular flexibility index (Phi) is 4.87. The van der Waals surface area contributed by atoms with Crippen molar-refractivity contribution in [3.05, 3.63) is 35.4 Å². The summed E-state index contributed by atoms with van der Waals surface area (Å²) in [6, 6.07) is 5.89. The minimum atomic E-state index is 0.518. The second kappa shape index (κ2) is 6.22. The Morgan fingerprint density at radius 1 is 1.33 bits per heavy atom. The molecule has 0 amide bonds. The summed E-state index contributed by atoms with van der Waals surface area (Å²) < 4.78 is 10.4. The largest absolute Gasteiger partial charge is 0.496 e. The van der Waals surface area contributed by atoms with E-state index < -0.39 is 0 Å². The predicted molar refractivity (Wildman–Crippen MR) is 61.8 cm³/mol. The molecule has 0 saturated carbocycles. The van der Waals surface area contributed by atoms with E-state index >= 15 is 0 Å². The van der Waals surface area contributed by atoms with E-state index in [4.69, 9.17) is 15.2 Å². The third-order valence-corrected chi connectivity index (χ3v) is 2.10. The number of ether oxygens (including phenoxy) is 2. The summed E-state index contributed by atoms with van der Waals surface area (Å²) >= 11 is 0. The number of hydrogen-bond acceptors (Lipinski definition) is 3. The maximum absolute atomic E-state index is 5.43. The van der Waals surface area contributed by atoms with Crippen molar-refractivity contribution in [2.75, 3.05) is 20.8 Å². The number of hydrogen-bond donors (Lipinski definition) is 1. The second-order valence-corrected chi connectivity index (χ2v) is 3.10. The third-order valence-electron chi connectivity index (χ3n) is 2.10. The molecule has 0 unspecified atom stereocenters. The summed E-state index contributed by atoms with van der Waals surface area (Å²) in [7, 11) is 3.33. The average Bonchev–Trinajstić information content (AvgIpc) is 2.27. The number of benzene rings is 1.